The summed E-state index contributed by atoms with van der Waals surface area (Å²) in [6.07, 6.45) is 2.65. The number of fused-ring (bicyclic) bond motifs is 1. The Morgan fingerprint density at radius 3 is 2.71 bits per heavy atom. The van der Waals surface area contributed by atoms with E-state index in [1.807, 2.05) is 12.3 Å². The van der Waals surface area contributed by atoms with Gasteiger partial charge in [-0.25, -0.2) is 4.98 Å². The lowest BCUT2D eigenvalue weighted by molar-refractivity contribution is -0.384. The van der Waals surface area contributed by atoms with Gasteiger partial charge in [-0.05, 0) is 30.7 Å². The van der Waals surface area contributed by atoms with Crippen molar-refractivity contribution in [3.8, 4) is 0 Å². The number of aromatic nitrogens is 1. The van der Waals surface area contributed by atoms with Crippen molar-refractivity contribution in [2.75, 3.05) is 54.8 Å². The first-order chi connectivity index (χ1) is 13.7. The minimum Gasteiger partial charge on any atom is -0.384 e. The fourth-order valence-electron chi connectivity index (χ4n) is 3.92. The van der Waals surface area contributed by atoms with Crippen LogP contribution in [0.5, 0.6) is 0 Å². The van der Waals surface area contributed by atoms with E-state index in [0.29, 0.717) is 12.2 Å². The summed E-state index contributed by atoms with van der Waals surface area (Å²) in [4.78, 5) is 20.5. The zero-order valence-electron chi connectivity index (χ0n) is 16.1. The Hall–Kier alpha value is -2.87. The van der Waals surface area contributed by atoms with Crippen molar-refractivity contribution in [3.63, 3.8) is 0 Å². The van der Waals surface area contributed by atoms with Crippen molar-refractivity contribution in [2.24, 2.45) is 0 Å². The second kappa shape index (κ2) is 8.02. The Bertz CT molecular complexity index is 847. The van der Waals surface area contributed by atoms with Crippen LogP contribution in [-0.2, 0) is 13.0 Å². The number of nitrogens with zero attached hydrogens (tertiary/aromatic N) is 4. The van der Waals surface area contributed by atoms with Crippen LogP contribution in [-0.4, -0.2) is 54.1 Å². The maximum absolute atomic E-state index is 11.4. The second-order valence-corrected chi connectivity index (χ2v) is 7.22. The van der Waals surface area contributed by atoms with Crippen molar-refractivity contribution in [1.29, 1.82) is 0 Å². The van der Waals surface area contributed by atoms with Crippen molar-refractivity contribution in [1.82, 2.24) is 9.88 Å². The quantitative estimate of drug-likeness (QED) is 0.587. The maximum Gasteiger partial charge on any atom is 0.292 e. The highest BCUT2D eigenvalue weighted by Gasteiger charge is 2.23. The molecule has 4 rings (SSSR count). The van der Waals surface area contributed by atoms with Gasteiger partial charge in [-0.2, -0.15) is 0 Å². The Morgan fingerprint density at radius 2 is 2.04 bits per heavy atom. The lowest BCUT2D eigenvalue weighted by atomic mass is 10.1. The SMILES string of the molecule is CCN1CCN(c2ccc(CNc3c([N+](=O)[O-])ccc4c3CCN4)cn2)CC1. The summed E-state index contributed by atoms with van der Waals surface area (Å²) >= 11 is 0. The van der Waals surface area contributed by atoms with Gasteiger partial charge >= 0.3 is 0 Å². The molecular formula is C20H26N6O2. The van der Waals surface area contributed by atoms with Crippen molar-refractivity contribution in [2.45, 2.75) is 19.9 Å². The molecule has 8 heteroatoms. The van der Waals surface area contributed by atoms with Crippen molar-refractivity contribution in [3.05, 3.63) is 51.7 Å². The molecule has 1 saturated heterocycles. The number of pyridine rings is 1. The molecule has 0 amide bonds. The summed E-state index contributed by atoms with van der Waals surface area (Å²) in [5.41, 5.74) is 3.72. The summed E-state index contributed by atoms with van der Waals surface area (Å²) in [7, 11) is 0. The molecule has 0 unspecified atom stereocenters. The number of benzene rings is 1. The minimum absolute atomic E-state index is 0.126. The van der Waals surface area contributed by atoms with Crippen molar-refractivity contribution < 1.29 is 4.92 Å². The van der Waals surface area contributed by atoms with Gasteiger partial charge in [0.2, 0.25) is 0 Å². The molecule has 2 aromatic rings. The van der Waals surface area contributed by atoms with Crippen LogP contribution in [0.4, 0.5) is 22.9 Å². The topological polar surface area (TPSA) is 86.6 Å². The molecule has 2 aliphatic heterocycles. The average molecular weight is 382 g/mol. The van der Waals surface area contributed by atoms with E-state index in [-0.39, 0.29) is 10.6 Å². The fourth-order valence-corrected chi connectivity index (χ4v) is 3.92. The number of nitro benzene ring substituents is 1. The van der Waals surface area contributed by atoms with Gasteiger partial charge in [0, 0.05) is 62.8 Å². The van der Waals surface area contributed by atoms with Gasteiger partial charge in [-0.3, -0.25) is 10.1 Å². The number of anilines is 3. The average Bonchev–Trinajstić information content (AvgIpc) is 3.21. The molecule has 0 atom stereocenters. The van der Waals surface area contributed by atoms with Crippen LogP contribution in [0.1, 0.15) is 18.1 Å². The molecule has 0 bridgehead atoms. The van der Waals surface area contributed by atoms with E-state index in [9.17, 15) is 10.1 Å². The highest BCUT2D eigenvalue weighted by atomic mass is 16.6. The maximum atomic E-state index is 11.4. The van der Waals surface area contributed by atoms with E-state index in [0.717, 1.165) is 68.3 Å². The second-order valence-electron chi connectivity index (χ2n) is 7.22. The van der Waals surface area contributed by atoms with Gasteiger partial charge in [0.25, 0.3) is 5.69 Å². The molecule has 8 nitrogen and oxygen atoms in total. The number of nitrogens with one attached hydrogen (secondary N) is 2. The number of piperazine rings is 1. The molecule has 0 saturated carbocycles. The monoisotopic (exact) mass is 382 g/mol. The van der Waals surface area contributed by atoms with Crippen LogP contribution in [0.3, 0.4) is 0 Å². The minimum atomic E-state index is -0.321. The van der Waals surface area contributed by atoms with E-state index in [1.54, 1.807) is 12.1 Å². The molecule has 0 spiro atoms. The molecule has 3 heterocycles. The van der Waals surface area contributed by atoms with E-state index in [4.69, 9.17) is 0 Å². The number of hydrogen-bond acceptors (Lipinski definition) is 7. The van der Waals surface area contributed by atoms with Crippen LogP contribution in [0, 0.1) is 10.1 Å². The molecule has 0 aliphatic carbocycles. The highest BCUT2D eigenvalue weighted by molar-refractivity contribution is 5.77. The summed E-state index contributed by atoms with van der Waals surface area (Å²) in [5.74, 6) is 0.996. The molecule has 28 heavy (non-hydrogen) atoms. The van der Waals surface area contributed by atoms with Crippen LogP contribution < -0.4 is 15.5 Å². The molecule has 2 N–H and O–H groups in total. The number of rotatable bonds is 6. The largest absolute Gasteiger partial charge is 0.384 e. The van der Waals surface area contributed by atoms with Crippen LogP contribution >= 0.6 is 0 Å². The zero-order valence-corrected chi connectivity index (χ0v) is 16.1. The number of nitro groups is 1. The molecule has 1 aromatic carbocycles. The van der Waals surface area contributed by atoms with Gasteiger partial charge in [-0.1, -0.05) is 13.0 Å². The zero-order chi connectivity index (χ0) is 19.5. The summed E-state index contributed by atoms with van der Waals surface area (Å²) in [6, 6.07) is 7.45. The molecule has 1 aromatic heterocycles. The summed E-state index contributed by atoms with van der Waals surface area (Å²) < 4.78 is 0. The van der Waals surface area contributed by atoms with Crippen molar-refractivity contribution >= 4 is 22.9 Å². The van der Waals surface area contributed by atoms with E-state index >= 15 is 0 Å². The molecular weight excluding hydrogens is 356 g/mol. The Labute approximate surface area is 164 Å². The third-order valence-corrected chi connectivity index (χ3v) is 5.60. The predicted molar refractivity (Wildman–Crippen MR) is 111 cm³/mol. The third kappa shape index (κ3) is 3.73. The van der Waals surface area contributed by atoms with E-state index in [2.05, 4.69) is 38.4 Å². The highest BCUT2D eigenvalue weighted by Crippen LogP contribution is 2.37. The Morgan fingerprint density at radius 1 is 1.21 bits per heavy atom. The first-order valence-corrected chi connectivity index (χ1v) is 9.86. The van der Waals surface area contributed by atoms with Gasteiger partial charge < -0.3 is 20.4 Å². The first kappa shape index (κ1) is 18.5. The standard InChI is InChI=1S/C20H26N6O2/c1-2-24-9-11-25(12-10-24)19-6-3-15(13-22-19)14-23-20-16-7-8-21-17(16)4-5-18(20)26(27)28/h3-6,13,21,23H,2,7-12,14H2,1H3. The number of likely N-dealkylation sites (N-methyl/N-ethyl adjacent to an activating group) is 1. The fraction of sp³-hybridized carbons (Fsp3) is 0.450. The smallest absolute Gasteiger partial charge is 0.292 e. The van der Waals surface area contributed by atoms with Crippen LogP contribution in [0.15, 0.2) is 30.5 Å². The van der Waals surface area contributed by atoms with Gasteiger partial charge in [0.1, 0.15) is 11.5 Å². The molecule has 0 radical (unpaired) electrons. The molecule has 2 aliphatic rings. The van der Waals surface area contributed by atoms with Gasteiger partial charge in [0.15, 0.2) is 0 Å². The van der Waals surface area contributed by atoms with Crippen LogP contribution in [0.2, 0.25) is 0 Å². The van der Waals surface area contributed by atoms with Gasteiger partial charge in [-0.15, -0.1) is 0 Å². The predicted octanol–water partition coefficient (Wildman–Crippen LogP) is 2.71. The van der Waals surface area contributed by atoms with Gasteiger partial charge in [0.05, 0.1) is 4.92 Å². The number of hydrogen-bond donors (Lipinski definition) is 2. The summed E-state index contributed by atoms with van der Waals surface area (Å²) in [6.45, 7) is 8.73. The molecule has 148 valence electrons. The Kier molecular flexibility index (Phi) is 5.29. The van der Waals surface area contributed by atoms with Crippen LogP contribution in [0.25, 0.3) is 0 Å². The molecule has 1 fully saturated rings. The normalized spacial score (nSPS) is 16.5. The summed E-state index contributed by atoms with van der Waals surface area (Å²) in [5, 5.41) is 18.0. The van der Waals surface area contributed by atoms with E-state index < -0.39 is 0 Å². The Balaban J connectivity index is 1.44. The lowest BCUT2D eigenvalue weighted by Crippen LogP contribution is -2.46. The lowest BCUT2D eigenvalue weighted by Gasteiger charge is -2.34. The first-order valence-electron chi connectivity index (χ1n) is 9.86. The van der Waals surface area contributed by atoms with E-state index in [1.165, 1.54) is 0 Å². The third-order valence-electron chi connectivity index (χ3n) is 5.60.